The maximum Gasteiger partial charge on any atom is 0.335 e. The minimum Gasteiger partial charge on any atom is -0.418 e. The molecule has 0 saturated carbocycles. The Morgan fingerprint density at radius 1 is 1.42 bits per heavy atom. The molecule has 0 unspecified atom stereocenters. The summed E-state index contributed by atoms with van der Waals surface area (Å²) in [6.45, 7) is 6.46. The van der Waals surface area contributed by atoms with Crippen molar-refractivity contribution < 1.29 is 14.3 Å². The molecule has 0 saturated heterocycles. The lowest BCUT2D eigenvalue weighted by Gasteiger charge is -2.10. The van der Waals surface area contributed by atoms with Gasteiger partial charge in [-0.15, -0.1) is 0 Å². The van der Waals surface area contributed by atoms with Gasteiger partial charge in [0, 0.05) is 20.2 Å². The van der Waals surface area contributed by atoms with E-state index in [4.69, 9.17) is 0 Å². The molecule has 0 N–H and O–H groups in total. The van der Waals surface area contributed by atoms with E-state index in [-0.39, 0.29) is 5.76 Å². The summed E-state index contributed by atoms with van der Waals surface area (Å²) in [5, 5.41) is 0. The quantitative estimate of drug-likeness (QED) is 0.347. The predicted octanol–water partition coefficient (Wildman–Crippen LogP) is 0.317. The van der Waals surface area contributed by atoms with Crippen molar-refractivity contribution in [2.24, 2.45) is 0 Å². The van der Waals surface area contributed by atoms with Gasteiger partial charge in [0.15, 0.2) is 5.76 Å². The van der Waals surface area contributed by atoms with Gasteiger partial charge in [0.2, 0.25) is 0 Å². The van der Waals surface area contributed by atoms with Crippen LogP contribution in [0.25, 0.3) is 0 Å². The van der Waals surface area contributed by atoms with Crippen LogP contribution in [0.1, 0.15) is 0 Å². The summed E-state index contributed by atoms with van der Waals surface area (Å²) in [6.07, 6.45) is 0.966. The molecule has 0 aliphatic carbocycles. The largest absolute Gasteiger partial charge is 0.418 e. The monoisotopic (exact) mass is 169 g/mol. The Kier molecular flexibility index (Phi) is 3.76. The van der Waals surface area contributed by atoms with Gasteiger partial charge in [-0.3, -0.25) is 4.79 Å². The number of rotatable bonds is 3. The summed E-state index contributed by atoms with van der Waals surface area (Å²) in [7, 11) is 3.07. The molecular weight excluding hydrogens is 158 g/mol. The molecule has 0 aliphatic heterocycles. The number of carbonyl (C=O) groups is 2. The zero-order valence-electron chi connectivity index (χ0n) is 7.16. The molecule has 0 aliphatic rings. The lowest BCUT2D eigenvalue weighted by Crippen LogP contribution is -2.25. The Hall–Kier alpha value is -1.58. The van der Waals surface area contributed by atoms with E-state index in [0.717, 1.165) is 6.08 Å². The standard InChI is InChI=1S/C8H11NO3/c1-5-7(10)12-6(2)8(11)9(3)4/h5H,1-2H2,3-4H3. The van der Waals surface area contributed by atoms with Gasteiger partial charge >= 0.3 is 5.97 Å². The zero-order valence-corrected chi connectivity index (χ0v) is 7.16. The van der Waals surface area contributed by atoms with E-state index in [9.17, 15) is 9.59 Å². The molecule has 0 aromatic carbocycles. The summed E-state index contributed by atoms with van der Waals surface area (Å²) in [5.41, 5.74) is 0. The lowest BCUT2D eigenvalue weighted by molar-refractivity contribution is -0.140. The summed E-state index contributed by atoms with van der Waals surface area (Å²) < 4.78 is 4.48. The number of hydrogen-bond acceptors (Lipinski definition) is 3. The maximum absolute atomic E-state index is 11.0. The molecule has 0 aromatic heterocycles. The number of nitrogens with zero attached hydrogens (tertiary/aromatic N) is 1. The molecule has 0 fully saturated rings. The third-order valence-electron chi connectivity index (χ3n) is 1.04. The maximum atomic E-state index is 11.0. The van der Waals surface area contributed by atoms with Gasteiger partial charge in [-0.2, -0.15) is 0 Å². The molecule has 12 heavy (non-hydrogen) atoms. The average molecular weight is 169 g/mol. The fourth-order valence-corrected chi connectivity index (χ4v) is 0.456. The van der Waals surface area contributed by atoms with Crippen LogP contribution < -0.4 is 0 Å². The molecule has 0 rings (SSSR count). The molecule has 66 valence electrons. The first-order chi connectivity index (χ1) is 5.49. The van der Waals surface area contributed by atoms with E-state index in [1.807, 2.05) is 0 Å². The average Bonchev–Trinajstić information content (AvgIpc) is 2.02. The number of ether oxygens (including phenoxy) is 1. The number of carbonyl (C=O) groups excluding carboxylic acids is 2. The first-order valence-electron chi connectivity index (χ1n) is 3.24. The lowest BCUT2D eigenvalue weighted by atomic mass is 10.5. The van der Waals surface area contributed by atoms with Gasteiger partial charge in [0.05, 0.1) is 0 Å². The second-order valence-corrected chi connectivity index (χ2v) is 2.25. The molecular formula is C8H11NO3. The van der Waals surface area contributed by atoms with Crippen LogP contribution in [0.4, 0.5) is 0 Å². The smallest absolute Gasteiger partial charge is 0.335 e. The molecule has 4 nitrogen and oxygen atoms in total. The fraction of sp³-hybridized carbons (Fsp3) is 0.250. The topological polar surface area (TPSA) is 46.6 Å². The van der Waals surface area contributed by atoms with E-state index in [1.54, 1.807) is 0 Å². The van der Waals surface area contributed by atoms with Crippen LogP contribution >= 0.6 is 0 Å². The van der Waals surface area contributed by atoms with Crippen molar-refractivity contribution in [2.75, 3.05) is 14.1 Å². The van der Waals surface area contributed by atoms with Crippen LogP contribution in [-0.2, 0) is 14.3 Å². The number of hydrogen-bond donors (Lipinski definition) is 0. The van der Waals surface area contributed by atoms with E-state index >= 15 is 0 Å². The highest BCUT2D eigenvalue weighted by molar-refractivity contribution is 5.94. The van der Waals surface area contributed by atoms with Gasteiger partial charge < -0.3 is 9.64 Å². The van der Waals surface area contributed by atoms with Crippen LogP contribution in [-0.4, -0.2) is 30.9 Å². The zero-order chi connectivity index (χ0) is 9.72. The second-order valence-electron chi connectivity index (χ2n) is 2.25. The fourth-order valence-electron chi connectivity index (χ4n) is 0.456. The van der Waals surface area contributed by atoms with Crippen molar-refractivity contribution in [2.45, 2.75) is 0 Å². The first kappa shape index (κ1) is 10.4. The summed E-state index contributed by atoms with van der Waals surface area (Å²) >= 11 is 0. The highest BCUT2D eigenvalue weighted by atomic mass is 16.5. The Morgan fingerprint density at radius 3 is 2.25 bits per heavy atom. The number of likely N-dealkylation sites (N-methyl/N-ethyl adjacent to an activating group) is 1. The van der Waals surface area contributed by atoms with Gasteiger partial charge in [-0.1, -0.05) is 13.2 Å². The van der Waals surface area contributed by atoms with Crippen LogP contribution in [0.2, 0.25) is 0 Å². The third-order valence-corrected chi connectivity index (χ3v) is 1.04. The second kappa shape index (κ2) is 4.33. The highest BCUT2D eigenvalue weighted by Gasteiger charge is 2.12. The molecule has 0 heterocycles. The molecule has 4 heteroatoms. The van der Waals surface area contributed by atoms with E-state index in [1.165, 1.54) is 19.0 Å². The predicted molar refractivity (Wildman–Crippen MR) is 44.1 cm³/mol. The molecule has 0 bridgehead atoms. The van der Waals surface area contributed by atoms with E-state index < -0.39 is 11.9 Å². The Balaban J connectivity index is 4.14. The minimum absolute atomic E-state index is 0.204. The van der Waals surface area contributed by atoms with Crippen LogP contribution in [0, 0.1) is 0 Å². The summed E-state index contributed by atoms with van der Waals surface area (Å²) in [4.78, 5) is 22.8. The normalized spacial score (nSPS) is 8.50. The van der Waals surface area contributed by atoms with Crippen molar-refractivity contribution in [3.63, 3.8) is 0 Å². The van der Waals surface area contributed by atoms with E-state index in [0.29, 0.717) is 0 Å². The van der Waals surface area contributed by atoms with Crippen LogP contribution in [0.5, 0.6) is 0 Å². The molecule has 1 amide bonds. The highest BCUT2D eigenvalue weighted by Crippen LogP contribution is 1.98. The van der Waals surface area contributed by atoms with Crippen molar-refractivity contribution in [3.05, 3.63) is 25.0 Å². The molecule has 0 aromatic rings. The van der Waals surface area contributed by atoms with Crippen molar-refractivity contribution in [3.8, 4) is 0 Å². The first-order valence-corrected chi connectivity index (χ1v) is 3.24. The minimum atomic E-state index is -0.685. The van der Waals surface area contributed by atoms with Gasteiger partial charge in [-0.05, 0) is 0 Å². The summed E-state index contributed by atoms with van der Waals surface area (Å²) in [6, 6.07) is 0. The van der Waals surface area contributed by atoms with Gasteiger partial charge in [0.25, 0.3) is 5.91 Å². The van der Waals surface area contributed by atoms with Crippen LogP contribution in [0.15, 0.2) is 25.0 Å². The Morgan fingerprint density at radius 2 is 1.92 bits per heavy atom. The van der Waals surface area contributed by atoms with Crippen molar-refractivity contribution in [1.29, 1.82) is 0 Å². The van der Waals surface area contributed by atoms with Crippen LogP contribution in [0.3, 0.4) is 0 Å². The molecule has 0 radical (unpaired) electrons. The SMILES string of the molecule is C=CC(=O)OC(=C)C(=O)N(C)C. The van der Waals surface area contributed by atoms with E-state index in [2.05, 4.69) is 17.9 Å². The number of esters is 1. The molecule has 0 atom stereocenters. The van der Waals surface area contributed by atoms with Crippen molar-refractivity contribution >= 4 is 11.9 Å². The Labute approximate surface area is 71.1 Å². The number of amides is 1. The van der Waals surface area contributed by atoms with Gasteiger partial charge in [0.1, 0.15) is 0 Å². The summed E-state index contributed by atoms with van der Waals surface area (Å²) in [5.74, 6) is -1.33. The van der Waals surface area contributed by atoms with Crippen molar-refractivity contribution in [1.82, 2.24) is 4.90 Å². The third kappa shape index (κ3) is 3.01. The Bertz CT molecular complexity index is 230. The van der Waals surface area contributed by atoms with Gasteiger partial charge in [-0.25, -0.2) is 4.79 Å². The molecule has 0 spiro atoms.